The summed E-state index contributed by atoms with van der Waals surface area (Å²) in [6, 6.07) is -0.594. The third-order valence-electron chi connectivity index (χ3n) is 6.63. The van der Waals surface area contributed by atoms with Crippen LogP contribution in [-0.2, 0) is 15.8 Å². The van der Waals surface area contributed by atoms with Gasteiger partial charge in [-0.1, -0.05) is 13.8 Å². The summed E-state index contributed by atoms with van der Waals surface area (Å²) in [4.78, 5) is 46.6. The number of hydrogen-bond acceptors (Lipinski definition) is 8. The number of likely N-dealkylation sites (tertiary alicyclic amines) is 1. The monoisotopic (exact) mass is 619 g/mol. The molecule has 1 aliphatic heterocycles. The molecular weight excluding hydrogens is 595 g/mol. The van der Waals surface area contributed by atoms with Gasteiger partial charge in [-0.25, -0.2) is 18.9 Å². The molecular formula is C25H24F7N7O4. The van der Waals surface area contributed by atoms with Crippen LogP contribution in [0.2, 0.25) is 0 Å². The van der Waals surface area contributed by atoms with Crippen LogP contribution in [0.25, 0.3) is 16.8 Å². The number of methoxy groups -OCH3 is 1. The Morgan fingerprint density at radius 1 is 1.12 bits per heavy atom. The third-order valence-corrected chi connectivity index (χ3v) is 6.63. The normalized spacial score (nSPS) is 17.5. The van der Waals surface area contributed by atoms with Gasteiger partial charge in [-0.05, 0) is 18.1 Å². The molecule has 43 heavy (non-hydrogen) atoms. The van der Waals surface area contributed by atoms with Gasteiger partial charge in [0.15, 0.2) is 5.82 Å². The Labute approximate surface area is 238 Å². The number of anilines is 1. The average Bonchev–Trinajstić information content (AvgIpc) is 3.49. The number of nitrogen functional groups attached to an aromatic ring is 1. The van der Waals surface area contributed by atoms with E-state index < -0.39 is 83.7 Å². The molecule has 232 valence electrons. The SMILES string of the molecule is COc1ncc(-c2cc(C(F)(F)F)c3c(N)ncnn23)cc1C(=O)N(C(=O)C(F)(F)F)[C@@H]1CN(C(=O)CC(C)C)C[C@@H]1F. The third kappa shape index (κ3) is 6.03. The number of pyridine rings is 1. The zero-order valence-electron chi connectivity index (χ0n) is 22.7. The maximum Gasteiger partial charge on any atom is 0.471 e. The number of amides is 3. The molecule has 2 N–H and O–H groups in total. The summed E-state index contributed by atoms with van der Waals surface area (Å²) in [7, 11) is 0.997. The van der Waals surface area contributed by atoms with E-state index >= 15 is 4.39 Å². The molecule has 1 fully saturated rings. The second-order valence-corrected chi connectivity index (χ2v) is 10.1. The summed E-state index contributed by atoms with van der Waals surface area (Å²) >= 11 is 0. The van der Waals surface area contributed by atoms with Crippen molar-refractivity contribution in [2.75, 3.05) is 25.9 Å². The van der Waals surface area contributed by atoms with Gasteiger partial charge in [0.25, 0.3) is 5.91 Å². The maximum absolute atomic E-state index is 15.2. The van der Waals surface area contributed by atoms with Crippen LogP contribution in [0.5, 0.6) is 5.88 Å². The molecule has 3 aromatic rings. The lowest BCUT2D eigenvalue weighted by Crippen LogP contribution is -2.54. The van der Waals surface area contributed by atoms with Crippen LogP contribution in [0, 0.1) is 5.92 Å². The van der Waals surface area contributed by atoms with Gasteiger partial charge in [0.1, 0.15) is 23.6 Å². The molecule has 18 heteroatoms. The van der Waals surface area contributed by atoms with Crippen LogP contribution in [0.3, 0.4) is 0 Å². The molecule has 11 nitrogen and oxygen atoms in total. The molecule has 3 aromatic heterocycles. The van der Waals surface area contributed by atoms with E-state index in [1.54, 1.807) is 13.8 Å². The number of aromatic nitrogens is 4. The fourth-order valence-corrected chi connectivity index (χ4v) is 4.73. The lowest BCUT2D eigenvalue weighted by molar-refractivity contribution is -0.184. The van der Waals surface area contributed by atoms with Crippen molar-refractivity contribution in [1.29, 1.82) is 0 Å². The highest BCUT2D eigenvalue weighted by atomic mass is 19.4. The summed E-state index contributed by atoms with van der Waals surface area (Å²) in [5, 5.41) is 3.76. The largest absolute Gasteiger partial charge is 0.480 e. The number of fused-ring (bicyclic) bond motifs is 1. The van der Waals surface area contributed by atoms with E-state index in [0.717, 1.165) is 35.1 Å². The Morgan fingerprint density at radius 3 is 2.37 bits per heavy atom. The highest BCUT2D eigenvalue weighted by molar-refractivity contribution is 6.08. The van der Waals surface area contributed by atoms with E-state index in [1.807, 2.05) is 0 Å². The highest BCUT2D eigenvalue weighted by Crippen LogP contribution is 2.39. The number of rotatable bonds is 6. The van der Waals surface area contributed by atoms with Crippen molar-refractivity contribution in [3.63, 3.8) is 0 Å². The average molecular weight is 619 g/mol. The van der Waals surface area contributed by atoms with Gasteiger partial charge in [0, 0.05) is 24.7 Å². The van der Waals surface area contributed by atoms with Crippen LogP contribution in [-0.4, -0.2) is 85.7 Å². The molecule has 0 unspecified atom stereocenters. The Morgan fingerprint density at radius 2 is 1.79 bits per heavy atom. The van der Waals surface area contributed by atoms with E-state index in [1.165, 1.54) is 0 Å². The van der Waals surface area contributed by atoms with Gasteiger partial charge in [-0.3, -0.25) is 19.3 Å². The van der Waals surface area contributed by atoms with E-state index in [2.05, 4.69) is 15.1 Å². The first kappa shape index (κ1) is 31.4. The van der Waals surface area contributed by atoms with E-state index in [-0.39, 0.29) is 28.5 Å². The summed E-state index contributed by atoms with van der Waals surface area (Å²) in [5.74, 6) is -6.33. The van der Waals surface area contributed by atoms with Crippen molar-refractivity contribution in [1.82, 2.24) is 29.4 Å². The number of carbonyl (C=O) groups excluding carboxylic acids is 3. The van der Waals surface area contributed by atoms with Gasteiger partial charge >= 0.3 is 18.3 Å². The van der Waals surface area contributed by atoms with Crippen LogP contribution >= 0.6 is 0 Å². The number of nitrogens with two attached hydrogens (primary N) is 1. The standard InChI is InChI=1S/C25H24F7N7O4/c1-11(2)4-18(40)37-8-15(26)17(9-37)38(23(42)25(30,31)32)22(41)13-5-12(7-34-21(13)43-3)16-6-14(24(27,28)29)19-20(33)35-10-36-39(16)19/h5-7,10-11,15,17H,4,8-9H2,1-3H3,(H2,33,35,36)/t15-,17+/m0/s1. The van der Waals surface area contributed by atoms with Crippen molar-refractivity contribution in [3.8, 4) is 17.1 Å². The Bertz CT molecular complexity index is 1570. The maximum atomic E-state index is 15.2. The zero-order valence-corrected chi connectivity index (χ0v) is 22.7. The molecule has 0 spiro atoms. The second-order valence-electron chi connectivity index (χ2n) is 10.1. The number of alkyl halides is 7. The number of hydrogen-bond donors (Lipinski definition) is 1. The molecule has 3 amide bonds. The minimum atomic E-state index is -5.64. The summed E-state index contributed by atoms with van der Waals surface area (Å²) in [6.07, 6.45) is -11.1. The first-order valence-electron chi connectivity index (χ1n) is 12.6. The van der Waals surface area contributed by atoms with Gasteiger partial charge < -0.3 is 15.4 Å². The molecule has 0 aromatic carbocycles. The number of ether oxygens (including phenoxy) is 1. The molecule has 4 rings (SSSR count). The Kier molecular flexibility index (Phi) is 8.25. The molecule has 2 atom stereocenters. The zero-order chi connectivity index (χ0) is 32.0. The van der Waals surface area contributed by atoms with Crippen molar-refractivity contribution < 1.29 is 49.9 Å². The first-order chi connectivity index (χ1) is 19.9. The fourth-order valence-electron chi connectivity index (χ4n) is 4.73. The number of imide groups is 1. The van der Waals surface area contributed by atoms with Gasteiger partial charge in [-0.15, -0.1) is 0 Å². The van der Waals surface area contributed by atoms with Crippen LogP contribution in [0.4, 0.5) is 36.6 Å². The van der Waals surface area contributed by atoms with Crippen LogP contribution < -0.4 is 10.5 Å². The molecule has 1 aliphatic rings. The molecule has 0 saturated carbocycles. The van der Waals surface area contributed by atoms with Crippen LogP contribution in [0.1, 0.15) is 36.2 Å². The molecule has 0 bridgehead atoms. The number of carbonyl (C=O) groups is 3. The Balaban J connectivity index is 1.84. The lowest BCUT2D eigenvalue weighted by Gasteiger charge is -2.29. The molecule has 0 aliphatic carbocycles. The lowest BCUT2D eigenvalue weighted by atomic mass is 10.1. The minimum Gasteiger partial charge on any atom is -0.480 e. The molecule has 1 saturated heterocycles. The summed E-state index contributed by atoms with van der Waals surface area (Å²) < 4.78 is 103. The summed E-state index contributed by atoms with van der Waals surface area (Å²) in [5.41, 5.74) is 2.33. The van der Waals surface area contributed by atoms with E-state index in [0.29, 0.717) is 6.07 Å². The number of nitrogens with zero attached hydrogens (tertiary/aromatic N) is 6. The van der Waals surface area contributed by atoms with Crippen LogP contribution in [0.15, 0.2) is 24.7 Å². The van der Waals surface area contributed by atoms with E-state index in [4.69, 9.17) is 10.5 Å². The second kappa shape index (κ2) is 11.3. The summed E-state index contributed by atoms with van der Waals surface area (Å²) in [6.45, 7) is 2.00. The number of halogens is 7. The fraction of sp³-hybridized carbons (Fsp3) is 0.440. The highest BCUT2D eigenvalue weighted by Gasteiger charge is 2.52. The van der Waals surface area contributed by atoms with Crippen molar-refractivity contribution in [3.05, 3.63) is 35.8 Å². The van der Waals surface area contributed by atoms with Crippen molar-refractivity contribution >= 4 is 29.1 Å². The molecule has 4 heterocycles. The predicted octanol–water partition coefficient (Wildman–Crippen LogP) is 3.53. The van der Waals surface area contributed by atoms with Gasteiger partial charge in [0.05, 0.1) is 31.0 Å². The van der Waals surface area contributed by atoms with E-state index in [9.17, 15) is 40.7 Å². The minimum absolute atomic E-state index is 0.0559. The Hall–Kier alpha value is -4.51. The smallest absolute Gasteiger partial charge is 0.471 e. The molecule has 0 radical (unpaired) electrons. The van der Waals surface area contributed by atoms with Gasteiger partial charge in [0.2, 0.25) is 11.8 Å². The van der Waals surface area contributed by atoms with Gasteiger partial charge in [-0.2, -0.15) is 31.4 Å². The quantitative estimate of drug-likeness (QED) is 0.414. The van der Waals surface area contributed by atoms with Crippen molar-refractivity contribution in [2.24, 2.45) is 5.92 Å². The predicted molar refractivity (Wildman–Crippen MR) is 134 cm³/mol. The first-order valence-corrected chi connectivity index (χ1v) is 12.6. The van der Waals surface area contributed by atoms with Crippen molar-refractivity contribution in [2.45, 2.75) is 44.8 Å². The topological polar surface area (TPSA) is 136 Å².